The number of aliphatic carboxylic acids is 1. The molecule has 3 N–H and O–H groups in total. The Morgan fingerprint density at radius 3 is 2.21 bits per heavy atom. The fourth-order valence-corrected chi connectivity index (χ4v) is 0.881. The number of carboxylic acids is 1. The Kier molecular flexibility index (Phi) is 5.00. The molecule has 0 aromatic heterocycles. The van der Waals surface area contributed by atoms with Crippen LogP contribution in [0.15, 0.2) is 0 Å². The van der Waals surface area contributed by atoms with E-state index < -0.39 is 24.9 Å². The van der Waals surface area contributed by atoms with Crippen LogP contribution in [0.1, 0.15) is 0 Å². The molecule has 0 saturated heterocycles. The van der Waals surface area contributed by atoms with Gasteiger partial charge in [-0.2, -0.15) is 0 Å². The van der Waals surface area contributed by atoms with Crippen LogP contribution in [-0.2, 0) is 9.53 Å². The molecular formula is C8H18NO5+. The van der Waals surface area contributed by atoms with Crippen LogP contribution in [0.5, 0.6) is 0 Å². The lowest BCUT2D eigenvalue weighted by Crippen LogP contribution is -2.52. The molecule has 0 heterocycles. The predicted octanol–water partition coefficient (Wildman–Crippen LogP) is -1.53. The minimum atomic E-state index is -1.09. The molecule has 0 aromatic rings. The molecule has 84 valence electrons. The summed E-state index contributed by atoms with van der Waals surface area (Å²) in [6.07, 6.45) is -2.08. The summed E-state index contributed by atoms with van der Waals surface area (Å²) in [5.41, 5.74) is 0. The molecule has 0 aromatic carbocycles. The van der Waals surface area contributed by atoms with Gasteiger partial charge < -0.3 is 20.1 Å². The third-order valence-electron chi connectivity index (χ3n) is 1.57. The van der Waals surface area contributed by atoms with E-state index >= 15 is 0 Å². The van der Waals surface area contributed by atoms with Gasteiger partial charge in [0.15, 0.2) is 0 Å². The van der Waals surface area contributed by atoms with Gasteiger partial charge in [-0.15, -0.1) is 0 Å². The molecule has 0 saturated carbocycles. The zero-order valence-electron chi connectivity index (χ0n) is 8.67. The number of ether oxygens (including phenoxy) is 1. The predicted molar refractivity (Wildman–Crippen MR) is 48.5 cm³/mol. The van der Waals surface area contributed by atoms with Crippen molar-refractivity contribution >= 4 is 5.97 Å². The van der Waals surface area contributed by atoms with Crippen molar-refractivity contribution in [2.75, 3.05) is 34.4 Å². The Bertz CT molecular complexity index is 189. The second kappa shape index (κ2) is 5.26. The molecule has 6 heteroatoms. The Labute approximate surface area is 82.9 Å². The van der Waals surface area contributed by atoms with E-state index in [0.717, 1.165) is 0 Å². The van der Waals surface area contributed by atoms with E-state index in [0.29, 0.717) is 0 Å². The summed E-state index contributed by atoms with van der Waals surface area (Å²) in [6.45, 7) is -0.632. The minimum absolute atomic E-state index is 0.0908. The fourth-order valence-electron chi connectivity index (χ4n) is 0.881. The van der Waals surface area contributed by atoms with Crippen LogP contribution in [0.3, 0.4) is 0 Å². The number of rotatable bonds is 6. The van der Waals surface area contributed by atoms with E-state index in [1.54, 1.807) is 21.1 Å². The summed E-state index contributed by atoms with van der Waals surface area (Å²) in [4.78, 5) is 10.8. The molecule has 6 nitrogen and oxygen atoms in total. The molecular weight excluding hydrogens is 190 g/mol. The monoisotopic (exact) mass is 208 g/mol. The number of quaternary nitrogens is 1. The van der Waals surface area contributed by atoms with Gasteiger partial charge >= 0.3 is 5.97 Å². The lowest BCUT2D eigenvalue weighted by atomic mass is 10.4. The third kappa shape index (κ3) is 4.52. The number of carbonyl (C=O) groups is 1. The smallest absolute Gasteiger partial charge is 0.392 e. The van der Waals surface area contributed by atoms with Gasteiger partial charge in [-0.3, -0.25) is 4.48 Å². The van der Waals surface area contributed by atoms with Crippen LogP contribution in [0, 0.1) is 0 Å². The normalized spacial score (nSPS) is 16.4. The van der Waals surface area contributed by atoms with Gasteiger partial charge in [0.2, 0.25) is 0 Å². The number of aliphatic hydroxyl groups is 2. The topological polar surface area (TPSA) is 87.0 Å². The number of hydrogen-bond acceptors (Lipinski definition) is 4. The number of nitrogens with zero attached hydrogens (tertiary/aromatic N) is 1. The van der Waals surface area contributed by atoms with Gasteiger partial charge in [0, 0.05) is 0 Å². The van der Waals surface area contributed by atoms with Gasteiger partial charge in [-0.25, -0.2) is 4.79 Å². The van der Waals surface area contributed by atoms with Gasteiger partial charge in [0.1, 0.15) is 6.10 Å². The SMILES string of the molecule is C[N+](C)(C)C(OCC(O)CO)C(=O)O. The average molecular weight is 208 g/mol. The quantitative estimate of drug-likeness (QED) is 0.364. The highest BCUT2D eigenvalue weighted by Crippen LogP contribution is 2.05. The summed E-state index contributed by atoms with van der Waals surface area (Å²) in [5.74, 6) is -1.09. The van der Waals surface area contributed by atoms with Crippen molar-refractivity contribution in [2.45, 2.75) is 12.3 Å². The lowest BCUT2D eigenvalue weighted by Gasteiger charge is -2.30. The standard InChI is InChI=1S/C8H17NO5/c1-9(2,3)7(8(12)13)14-5-6(11)4-10/h6-7,10-11H,4-5H2,1-3H3/p+1. The summed E-state index contributed by atoms with van der Waals surface area (Å²) in [7, 11) is 5.01. The maximum absolute atomic E-state index is 10.8. The molecule has 2 unspecified atom stereocenters. The molecule has 2 atom stereocenters. The average Bonchev–Trinajstić information content (AvgIpc) is 2.01. The summed E-state index contributed by atoms with van der Waals surface area (Å²) in [6, 6.07) is 0. The van der Waals surface area contributed by atoms with Crippen molar-refractivity contribution in [3.8, 4) is 0 Å². The van der Waals surface area contributed by atoms with Crippen molar-refractivity contribution in [3.63, 3.8) is 0 Å². The van der Waals surface area contributed by atoms with Crippen LogP contribution in [0.2, 0.25) is 0 Å². The maximum Gasteiger partial charge on any atom is 0.392 e. The van der Waals surface area contributed by atoms with Crippen LogP contribution in [0.25, 0.3) is 0 Å². The molecule has 0 aliphatic heterocycles. The Balaban J connectivity index is 4.19. The Morgan fingerprint density at radius 2 is 1.93 bits per heavy atom. The van der Waals surface area contributed by atoms with Gasteiger partial charge in [-0.05, 0) is 0 Å². The largest absolute Gasteiger partial charge is 0.475 e. The second-order valence-electron chi connectivity index (χ2n) is 3.98. The van der Waals surface area contributed by atoms with Crippen LogP contribution >= 0.6 is 0 Å². The zero-order chi connectivity index (χ0) is 11.4. The summed E-state index contributed by atoms with van der Waals surface area (Å²) in [5, 5.41) is 26.3. The van der Waals surface area contributed by atoms with Gasteiger partial charge in [0.05, 0.1) is 34.4 Å². The molecule has 0 rings (SSSR count). The highest BCUT2D eigenvalue weighted by molar-refractivity contribution is 5.70. The molecule has 14 heavy (non-hydrogen) atoms. The maximum atomic E-state index is 10.8. The van der Waals surface area contributed by atoms with Crippen molar-refractivity contribution in [3.05, 3.63) is 0 Å². The van der Waals surface area contributed by atoms with Crippen molar-refractivity contribution in [2.24, 2.45) is 0 Å². The number of carboxylic acid groups (broad SMARTS) is 1. The van der Waals surface area contributed by atoms with Crippen molar-refractivity contribution in [1.29, 1.82) is 0 Å². The highest BCUT2D eigenvalue weighted by Gasteiger charge is 2.32. The number of hydrogen-bond donors (Lipinski definition) is 3. The number of likely N-dealkylation sites (N-methyl/N-ethyl adjacent to an activating group) is 1. The van der Waals surface area contributed by atoms with Crippen molar-refractivity contribution < 1.29 is 29.3 Å². The van der Waals surface area contributed by atoms with Crippen LogP contribution in [0.4, 0.5) is 0 Å². The fraction of sp³-hybridized carbons (Fsp3) is 0.875. The molecule has 0 amide bonds. The first-order valence-corrected chi connectivity index (χ1v) is 4.23. The van der Waals surface area contributed by atoms with Crippen molar-refractivity contribution in [1.82, 2.24) is 0 Å². The summed E-state index contributed by atoms with van der Waals surface area (Å²) < 4.78 is 5.07. The van der Waals surface area contributed by atoms with E-state index in [4.69, 9.17) is 20.1 Å². The first-order valence-electron chi connectivity index (χ1n) is 4.23. The summed E-state index contributed by atoms with van der Waals surface area (Å²) >= 11 is 0. The van der Waals surface area contributed by atoms with E-state index in [1.165, 1.54) is 0 Å². The van der Waals surface area contributed by atoms with Gasteiger partial charge in [-0.1, -0.05) is 0 Å². The van der Waals surface area contributed by atoms with Gasteiger partial charge in [0.25, 0.3) is 6.23 Å². The second-order valence-corrected chi connectivity index (χ2v) is 3.98. The first kappa shape index (κ1) is 13.3. The Hall–Kier alpha value is -0.690. The number of aliphatic hydroxyl groups excluding tert-OH is 2. The van der Waals surface area contributed by atoms with E-state index in [2.05, 4.69) is 0 Å². The molecule has 0 fully saturated rings. The van der Waals surface area contributed by atoms with Crippen LogP contribution in [-0.4, -0.2) is 72.5 Å². The van der Waals surface area contributed by atoms with Crippen LogP contribution < -0.4 is 0 Å². The third-order valence-corrected chi connectivity index (χ3v) is 1.57. The minimum Gasteiger partial charge on any atom is -0.475 e. The molecule has 0 aliphatic carbocycles. The molecule has 0 aliphatic rings. The first-order chi connectivity index (χ1) is 6.29. The van der Waals surface area contributed by atoms with E-state index in [9.17, 15) is 4.79 Å². The lowest BCUT2D eigenvalue weighted by molar-refractivity contribution is -0.910. The highest BCUT2D eigenvalue weighted by atomic mass is 16.5. The van der Waals surface area contributed by atoms with E-state index in [-0.39, 0.29) is 11.1 Å². The molecule has 0 bridgehead atoms. The van der Waals surface area contributed by atoms with E-state index in [1.807, 2.05) is 0 Å². The molecule has 0 spiro atoms. The molecule has 0 radical (unpaired) electrons. The zero-order valence-corrected chi connectivity index (χ0v) is 8.67. The Morgan fingerprint density at radius 1 is 1.43 bits per heavy atom.